The Labute approximate surface area is 123 Å². The minimum Gasteiger partial charge on any atom is -0.494 e. The van der Waals surface area contributed by atoms with Gasteiger partial charge in [0, 0.05) is 25.2 Å². The van der Waals surface area contributed by atoms with Crippen molar-refractivity contribution >= 4 is 0 Å². The van der Waals surface area contributed by atoms with E-state index in [9.17, 15) is 0 Å². The molecule has 0 N–H and O–H groups in total. The van der Waals surface area contributed by atoms with E-state index >= 15 is 0 Å². The van der Waals surface area contributed by atoms with Crippen molar-refractivity contribution in [2.75, 3.05) is 33.8 Å². The van der Waals surface area contributed by atoms with Crippen molar-refractivity contribution in [1.82, 2.24) is 9.80 Å². The van der Waals surface area contributed by atoms with Gasteiger partial charge in [0.15, 0.2) is 0 Å². The zero-order chi connectivity index (χ0) is 14.5. The molecule has 0 unspecified atom stereocenters. The third-order valence-corrected chi connectivity index (χ3v) is 3.80. The first kappa shape index (κ1) is 15.3. The summed E-state index contributed by atoms with van der Waals surface area (Å²) in [4.78, 5) is 4.75. The molecule has 3 nitrogen and oxygen atoms in total. The van der Waals surface area contributed by atoms with Gasteiger partial charge in [0.1, 0.15) is 5.75 Å². The van der Waals surface area contributed by atoms with Crippen molar-refractivity contribution < 1.29 is 4.74 Å². The molecule has 0 fully saturated rings. The molecule has 2 rings (SSSR count). The van der Waals surface area contributed by atoms with Gasteiger partial charge >= 0.3 is 0 Å². The summed E-state index contributed by atoms with van der Waals surface area (Å²) < 4.78 is 5.85. The third-order valence-electron chi connectivity index (χ3n) is 3.80. The van der Waals surface area contributed by atoms with Crippen molar-refractivity contribution in [3.63, 3.8) is 0 Å². The van der Waals surface area contributed by atoms with Crippen LogP contribution in [0.15, 0.2) is 12.1 Å². The Morgan fingerprint density at radius 1 is 1.20 bits per heavy atom. The second kappa shape index (κ2) is 7.09. The molecule has 0 bridgehead atoms. The zero-order valence-electron chi connectivity index (χ0n) is 13.4. The number of ether oxygens (including phenoxy) is 1. The Balaban J connectivity index is 2.25. The van der Waals surface area contributed by atoms with Gasteiger partial charge in [-0.3, -0.25) is 4.90 Å². The van der Waals surface area contributed by atoms with E-state index in [0.717, 1.165) is 25.4 Å². The maximum absolute atomic E-state index is 5.85. The van der Waals surface area contributed by atoms with Crippen LogP contribution in [0.4, 0.5) is 0 Å². The minimum atomic E-state index is 0.734. The Kier molecular flexibility index (Phi) is 5.44. The summed E-state index contributed by atoms with van der Waals surface area (Å²) in [5, 5.41) is 0. The molecule has 0 spiro atoms. The molecule has 0 saturated carbocycles. The Hall–Kier alpha value is -1.06. The van der Waals surface area contributed by atoms with Gasteiger partial charge in [-0.2, -0.15) is 0 Å². The second-order valence-corrected chi connectivity index (χ2v) is 5.93. The molecule has 0 amide bonds. The number of hydrogen-bond donors (Lipinski definition) is 0. The lowest BCUT2D eigenvalue weighted by atomic mass is 9.96. The summed E-state index contributed by atoms with van der Waals surface area (Å²) in [5.41, 5.74) is 4.29. The maximum Gasteiger partial charge on any atom is 0.124 e. The van der Waals surface area contributed by atoms with Crippen LogP contribution in [0.1, 0.15) is 37.0 Å². The largest absolute Gasteiger partial charge is 0.494 e. The lowest BCUT2D eigenvalue weighted by Crippen LogP contribution is -2.31. The number of benzene rings is 1. The molecule has 1 heterocycles. The van der Waals surface area contributed by atoms with Gasteiger partial charge in [-0.1, -0.05) is 13.0 Å². The molecule has 1 aliphatic rings. The van der Waals surface area contributed by atoms with Gasteiger partial charge in [0.2, 0.25) is 0 Å². The normalized spacial score (nSPS) is 15.4. The van der Waals surface area contributed by atoms with E-state index in [0.29, 0.717) is 0 Å². The summed E-state index contributed by atoms with van der Waals surface area (Å²) >= 11 is 0. The lowest BCUT2D eigenvalue weighted by molar-refractivity contribution is 0.253. The topological polar surface area (TPSA) is 15.7 Å². The van der Waals surface area contributed by atoms with E-state index in [4.69, 9.17) is 4.74 Å². The van der Waals surface area contributed by atoms with Gasteiger partial charge in [0.05, 0.1) is 6.61 Å². The average Bonchev–Trinajstić information content (AvgIpc) is 2.40. The highest BCUT2D eigenvalue weighted by atomic mass is 16.5. The molecular formula is C17H28N2O. The fraction of sp³-hybridized carbons (Fsp3) is 0.647. The molecule has 0 aromatic heterocycles. The van der Waals surface area contributed by atoms with E-state index in [1.54, 1.807) is 0 Å². The van der Waals surface area contributed by atoms with E-state index in [1.807, 2.05) is 0 Å². The van der Waals surface area contributed by atoms with Crippen LogP contribution in [-0.4, -0.2) is 43.6 Å². The highest BCUT2D eigenvalue weighted by Gasteiger charge is 2.18. The fourth-order valence-corrected chi connectivity index (χ4v) is 2.96. The SMILES string of the molecule is CCCN1CCc2cc(CN(C)C)c(OCC)cc2C1. The maximum atomic E-state index is 5.85. The van der Waals surface area contributed by atoms with E-state index in [1.165, 1.54) is 42.6 Å². The quantitative estimate of drug-likeness (QED) is 0.794. The van der Waals surface area contributed by atoms with Gasteiger partial charge in [0.25, 0.3) is 0 Å². The smallest absolute Gasteiger partial charge is 0.124 e. The Morgan fingerprint density at radius 2 is 2.00 bits per heavy atom. The molecule has 1 aliphatic heterocycles. The number of hydrogen-bond acceptors (Lipinski definition) is 3. The summed E-state index contributed by atoms with van der Waals surface area (Å²) in [5.74, 6) is 1.07. The molecule has 3 heteroatoms. The van der Waals surface area contributed by atoms with Crippen LogP contribution in [0.5, 0.6) is 5.75 Å². The molecule has 1 aromatic rings. The van der Waals surface area contributed by atoms with Gasteiger partial charge in [-0.15, -0.1) is 0 Å². The monoisotopic (exact) mass is 276 g/mol. The highest BCUT2D eigenvalue weighted by Crippen LogP contribution is 2.29. The minimum absolute atomic E-state index is 0.734. The summed E-state index contributed by atoms with van der Waals surface area (Å²) in [6, 6.07) is 4.64. The van der Waals surface area contributed by atoms with E-state index in [2.05, 4.69) is 49.9 Å². The molecular weight excluding hydrogens is 248 g/mol. The zero-order valence-corrected chi connectivity index (χ0v) is 13.4. The van der Waals surface area contributed by atoms with Gasteiger partial charge < -0.3 is 9.64 Å². The summed E-state index contributed by atoms with van der Waals surface area (Å²) in [6.07, 6.45) is 2.40. The average molecular weight is 276 g/mol. The van der Waals surface area contributed by atoms with Crippen LogP contribution < -0.4 is 4.74 Å². The predicted octanol–water partition coefficient (Wildman–Crippen LogP) is 2.92. The van der Waals surface area contributed by atoms with Crippen LogP contribution in [-0.2, 0) is 19.5 Å². The van der Waals surface area contributed by atoms with Crippen molar-refractivity contribution in [3.8, 4) is 5.75 Å². The van der Waals surface area contributed by atoms with E-state index < -0.39 is 0 Å². The molecule has 0 atom stereocenters. The molecule has 112 valence electrons. The standard InChI is InChI=1S/C17H28N2O/c1-5-8-19-9-7-14-10-16(12-18(3)4)17(20-6-2)11-15(14)13-19/h10-11H,5-9,12-13H2,1-4H3. The first-order valence-corrected chi connectivity index (χ1v) is 7.78. The van der Waals surface area contributed by atoms with Crippen molar-refractivity contribution in [1.29, 1.82) is 0 Å². The lowest BCUT2D eigenvalue weighted by Gasteiger charge is -2.29. The van der Waals surface area contributed by atoms with Crippen molar-refractivity contribution in [2.24, 2.45) is 0 Å². The van der Waals surface area contributed by atoms with Crippen molar-refractivity contribution in [3.05, 3.63) is 28.8 Å². The number of rotatable bonds is 6. The second-order valence-electron chi connectivity index (χ2n) is 5.93. The number of nitrogens with zero attached hydrogens (tertiary/aromatic N) is 2. The van der Waals surface area contributed by atoms with Gasteiger partial charge in [-0.25, -0.2) is 0 Å². The van der Waals surface area contributed by atoms with Crippen LogP contribution in [0.25, 0.3) is 0 Å². The number of fused-ring (bicyclic) bond motifs is 1. The first-order valence-electron chi connectivity index (χ1n) is 7.78. The molecule has 0 radical (unpaired) electrons. The van der Waals surface area contributed by atoms with Crippen LogP contribution in [0, 0.1) is 0 Å². The molecule has 0 saturated heterocycles. The molecule has 1 aromatic carbocycles. The molecule has 20 heavy (non-hydrogen) atoms. The molecule has 0 aliphatic carbocycles. The Bertz CT molecular complexity index is 443. The summed E-state index contributed by atoms with van der Waals surface area (Å²) in [7, 11) is 4.22. The third kappa shape index (κ3) is 3.74. The highest BCUT2D eigenvalue weighted by molar-refractivity contribution is 5.44. The van der Waals surface area contributed by atoms with Crippen LogP contribution in [0.3, 0.4) is 0 Å². The fourth-order valence-electron chi connectivity index (χ4n) is 2.96. The predicted molar refractivity (Wildman–Crippen MR) is 84.3 cm³/mol. The van der Waals surface area contributed by atoms with Crippen LogP contribution in [0.2, 0.25) is 0 Å². The Morgan fingerprint density at radius 3 is 2.65 bits per heavy atom. The van der Waals surface area contributed by atoms with Crippen molar-refractivity contribution in [2.45, 2.75) is 39.8 Å². The van der Waals surface area contributed by atoms with E-state index in [-0.39, 0.29) is 0 Å². The van der Waals surface area contributed by atoms with Gasteiger partial charge in [-0.05, 0) is 57.6 Å². The van der Waals surface area contributed by atoms with Crippen LogP contribution >= 0.6 is 0 Å². The summed E-state index contributed by atoms with van der Waals surface area (Å²) in [6.45, 7) is 9.45. The first-order chi connectivity index (χ1) is 9.63.